The molecule has 2 aromatic carbocycles. The quantitative estimate of drug-likeness (QED) is 0.615. The maximum absolute atomic E-state index is 12.7. The zero-order chi connectivity index (χ0) is 23.1. The lowest BCUT2D eigenvalue weighted by molar-refractivity contribution is -0.258. The molecule has 3 rings (SSSR count). The average molecular weight is 443 g/mol. The highest BCUT2D eigenvalue weighted by Crippen LogP contribution is 2.26. The molecule has 1 aliphatic heterocycles. The summed E-state index contributed by atoms with van der Waals surface area (Å²) in [5.41, 5.74) is 0.637. The van der Waals surface area contributed by atoms with E-state index in [1.54, 1.807) is 60.7 Å². The van der Waals surface area contributed by atoms with Crippen LogP contribution in [-0.2, 0) is 23.7 Å². The minimum absolute atomic E-state index is 0.268. The van der Waals surface area contributed by atoms with Crippen LogP contribution in [0.25, 0.3) is 0 Å². The highest BCUT2D eigenvalue weighted by Gasteiger charge is 2.49. The van der Waals surface area contributed by atoms with Crippen LogP contribution in [0.2, 0.25) is 0 Å². The Hall–Kier alpha value is -3.27. The van der Waals surface area contributed by atoms with E-state index in [-0.39, 0.29) is 12.2 Å². The molecule has 1 aliphatic rings. The molecule has 1 amide bonds. The summed E-state index contributed by atoms with van der Waals surface area (Å²) in [7, 11) is 1.37. The van der Waals surface area contributed by atoms with Crippen LogP contribution in [0.3, 0.4) is 0 Å². The van der Waals surface area contributed by atoms with Crippen LogP contribution >= 0.6 is 0 Å². The molecule has 0 radical (unpaired) electrons. The van der Waals surface area contributed by atoms with Crippen molar-refractivity contribution in [2.45, 2.75) is 37.6 Å². The summed E-state index contributed by atoms with van der Waals surface area (Å²) < 4.78 is 22.0. The van der Waals surface area contributed by atoms with Gasteiger partial charge in [0.15, 0.2) is 12.4 Å². The topological polar surface area (TPSA) is 120 Å². The van der Waals surface area contributed by atoms with E-state index in [4.69, 9.17) is 18.9 Å². The minimum Gasteiger partial charge on any atom is -0.459 e. The number of amides is 1. The Labute approximate surface area is 185 Å². The molecule has 1 saturated heterocycles. The molecule has 5 atom stereocenters. The summed E-state index contributed by atoms with van der Waals surface area (Å²) in [5, 5.41) is 13.0. The zero-order valence-corrected chi connectivity index (χ0v) is 17.7. The maximum atomic E-state index is 12.7. The smallest absolute Gasteiger partial charge is 0.338 e. The largest absolute Gasteiger partial charge is 0.459 e. The molecule has 5 unspecified atom stereocenters. The van der Waals surface area contributed by atoms with E-state index in [0.29, 0.717) is 5.56 Å². The number of hydrogen-bond acceptors (Lipinski definition) is 8. The molecule has 0 spiro atoms. The van der Waals surface area contributed by atoms with Crippen LogP contribution in [0.15, 0.2) is 60.7 Å². The van der Waals surface area contributed by atoms with E-state index >= 15 is 0 Å². The van der Waals surface area contributed by atoms with Gasteiger partial charge in [0, 0.05) is 14.0 Å². The van der Waals surface area contributed by atoms with Crippen molar-refractivity contribution in [1.82, 2.24) is 5.32 Å². The number of aliphatic hydroxyl groups excluding tert-OH is 1. The van der Waals surface area contributed by atoms with Crippen molar-refractivity contribution >= 4 is 17.8 Å². The first-order chi connectivity index (χ1) is 15.4. The molecule has 1 heterocycles. The standard InChI is InChI=1S/C23H25NO8/c1-14(25)24-18-20(32-22(27)16-11-7-4-8-12-16)19(29-2)17(31-23(18)28)13-30-21(26)15-9-5-3-6-10-15/h3-12,17-20,23,28H,13H2,1-2H3,(H,24,25). The summed E-state index contributed by atoms with van der Waals surface area (Å²) >= 11 is 0. The van der Waals surface area contributed by atoms with Gasteiger partial charge in [-0.25, -0.2) is 9.59 Å². The number of nitrogens with one attached hydrogen (secondary N) is 1. The lowest BCUT2D eigenvalue weighted by atomic mass is 9.96. The second-order valence-electron chi connectivity index (χ2n) is 7.19. The van der Waals surface area contributed by atoms with Crippen molar-refractivity contribution in [1.29, 1.82) is 0 Å². The Morgan fingerprint density at radius 1 is 0.938 bits per heavy atom. The van der Waals surface area contributed by atoms with Gasteiger partial charge in [-0.05, 0) is 24.3 Å². The molecule has 1 fully saturated rings. The highest BCUT2D eigenvalue weighted by molar-refractivity contribution is 5.90. The van der Waals surface area contributed by atoms with E-state index in [1.165, 1.54) is 14.0 Å². The summed E-state index contributed by atoms with van der Waals surface area (Å²) in [5.74, 6) is -1.70. The molecule has 170 valence electrons. The fourth-order valence-corrected chi connectivity index (χ4v) is 3.45. The van der Waals surface area contributed by atoms with Crippen LogP contribution in [0.5, 0.6) is 0 Å². The first kappa shape index (κ1) is 23.4. The molecule has 0 saturated carbocycles. The molecule has 0 aliphatic carbocycles. The second-order valence-corrected chi connectivity index (χ2v) is 7.19. The van der Waals surface area contributed by atoms with Gasteiger partial charge < -0.3 is 29.4 Å². The normalized spacial score (nSPS) is 24.9. The van der Waals surface area contributed by atoms with E-state index in [2.05, 4.69) is 5.32 Å². The fraction of sp³-hybridized carbons (Fsp3) is 0.348. The van der Waals surface area contributed by atoms with Gasteiger partial charge in [-0.3, -0.25) is 4.79 Å². The SMILES string of the molecule is COC1C(COC(=O)c2ccccc2)OC(O)C(NC(C)=O)C1OC(=O)c1ccccc1. The number of benzene rings is 2. The van der Waals surface area contributed by atoms with Crippen LogP contribution in [-0.4, -0.2) is 67.3 Å². The molecule has 0 aromatic heterocycles. The summed E-state index contributed by atoms with van der Waals surface area (Å²) in [6, 6.07) is 15.6. The molecular formula is C23H25NO8. The Kier molecular flexibility index (Phi) is 7.93. The Bertz CT molecular complexity index is 920. The number of methoxy groups -OCH3 is 1. The Morgan fingerprint density at radius 2 is 1.50 bits per heavy atom. The van der Waals surface area contributed by atoms with Crippen molar-refractivity contribution in [3.63, 3.8) is 0 Å². The van der Waals surface area contributed by atoms with Crippen molar-refractivity contribution in [3.05, 3.63) is 71.8 Å². The van der Waals surface area contributed by atoms with Crippen LogP contribution < -0.4 is 5.32 Å². The number of aliphatic hydroxyl groups is 1. The lowest BCUT2D eigenvalue weighted by Crippen LogP contribution is -2.65. The van der Waals surface area contributed by atoms with Gasteiger partial charge in [0.1, 0.15) is 24.9 Å². The van der Waals surface area contributed by atoms with Gasteiger partial charge in [0.2, 0.25) is 5.91 Å². The Balaban J connectivity index is 1.78. The number of rotatable bonds is 7. The lowest BCUT2D eigenvalue weighted by Gasteiger charge is -2.43. The van der Waals surface area contributed by atoms with Gasteiger partial charge in [0.05, 0.1) is 11.1 Å². The first-order valence-electron chi connectivity index (χ1n) is 10.0. The van der Waals surface area contributed by atoms with E-state index < -0.39 is 48.5 Å². The molecule has 0 bridgehead atoms. The van der Waals surface area contributed by atoms with Gasteiger partial charge in [-0.2, -0.15) is 0 Å². The minimum atomic E-state index is -1.53. The van der Waals surface area contributed by atoms with E-state index in [1.807, 2.05) is 0 Å². The summed E-state index contributed by atoms with van der Waals surface area (Å²) in [4.78, 5) is 36.6. The van der Waals surface area contributed by atoms with Gasteiger partial charge >= 0.3 is 11.9 Å². The van der Waals surface area contributed by atoms with Gasteiger partial charge in [-0.15, -0.1) is 0 Å². The molecular weight excluding hydrogens is 418 g/mol. The van der Waals surface area contributed by atoms with E-state index in [9.17, 15) is 19.5 Å². The molecule has 9 heteroatoms. The number of carbonyl (C=O) groups excluding carboxylic acids is 3. The molecule has 9 nitrogen and oxygen atoms in total. The summed E-state index contributed by atoms with van der Waals surface area (Å²) in [6.07, 6.45) is -4.53. The van der Waals surface area contributed by atoms with Gasteiger partial charge in [-0.1, -0.05) is 36.4 Å². The third-order valence-electron chi connectivity index (χ3n) is 4.95. The second kappa shape index (κ2) is 10.9. The van der Waals surface area contributed by atoms with Gasteiger partial charge in [0.25, 0.3) is 0 Å². The van der Waals surface area contributed by atoms with Crippen molar-refractivity contribution in [3.8, 4) is 0 Å². The fourth-order valence-electron chi connectivity index (χ4n) is 3.45. The average Bonchev–Trinajstić information content (AvgIpc) is 2.80. The van der Waals surface area contributed by atoms with Crippen LogP contribution in [0.4, 0.5) is 0 Å². The third kappa shape index (κ3) is 5.70. The molecule has 2 aromatic rings. The Morgan fingerprint density at radius 3 is 2.03 bits per heavy atom. The number of ether oxygens (including phenoxy) is 4. The predicted octanol–water partition coefficient (Wildman–Crippen LogP) is 1.31. The molecule has 2 N–H and O–H groups in total. The van der Waals surface area contributed by atoms with Crippen LogP contribution in [0, 0.1) is 0 Å². The van der Waals surface area contributed by atoms with Crippen LogP contribution in [0.1, 0.15) is 27.6 Å². The highest BCUT2D eigenvalue weighted by atomic mass is 16.7. The number of hydrogen-bond donors (Lipinski definition) is 2. The first-order valence-corrected chi connectivity index (χ1v) is 10.0. The van der Waals surface area contributed by atoms with Crippen molar-refractivity contribution in [2.75, 3.05) is 13.7 Å². The predicted molar refractivity (Wildman–Crippen MR) is 112 cm³/mol. The van der Waals surface area contributed by atoms with E-state index in [0.717, 1.165) is 0 Å². The summed E-state index contributed by atoms with van der Waals surface area (Å²) in [6.45, 7) is 0.994. The van der Waals surface area contributed by atoms with Crippen molar-refractivity contribution < 1.29 is 38.4 Å². The zero-order valence-electron chi connectivity index (χ0n) is 17.7. The number of carbonyl (C=O) groups is 3. The monoisotopic (exact) mass is 443 g/mol. The van der Waals surface area contributed by atoms with Crippen molar-refractivity contribution in [2.24, 2.45) is 0 Å². The maximum Gasteiger partial charge on any atom is 0.338 e. The number of esters is 2. The third-order valence-corrected chi connectivity index (χ3v) is 4.95. The molecule has 32 heavy (non-hydrogen) atoms.